The molecule has 1 aromatic carbocycles. The first-order valence-electron chi connectivity index (χ1n) is 9.22. The number of nitrogens with one attached hydrogen (secondary N) is 1. The minimum Gasteiger partial charge on any atom is -0.335 e. The Hall–Kier alpha value is -2.37. The summed E-state index contributed by atoms with van der Waals surface area (Å²) in [7, 11) is 0. The van der Waals surface area contributed by atoms with Gasteiger partial charge in [0.1, 0.15) is 0 Å². The minimum absolute atomic E-state index is 0.0970. The third-order valence-corrected chi connectivity index (χ3v) is 5.46. The fourth-order valence-corrected chi connectivity index (χ4v) is 3.99. The van der Waals surface area contributed by atoms with Gasteiger partial charge in [0, 0.05) is 31.9 Å². The van der Waals surface area contributed by atoms with Crippen molar-refractivity contribution in [2.45, 2.75) is 44.2 Å². The van der Waals surface area contributed by atoms with Crippen LogP contribution >= 0.6 is 0 Å². The lowest BCUT2D eigenvalue weighted by Crippen LogP contribution is -2.52. The quantitative estimate of drug-likeness (QED) is 0.931. The first-order chi connectivity index (χ1) is 12.3. The Morgan fingerprint density at radius 1 is 1.24 bits per heavy atom. The maximum absolute atomic E-state index is 12.6. The summed E-state index contributed by atoms with van der Waals surface area (Å²) in [5, 5.41) is 11.1. The van der Waals surface area contributed by atoms with Crippen LogP contribution in [0.2, 0.25) is 0 Å². The second-order valence-corrected chi connectivity index (χ2v) is 7.30. The van der Waals surface area contributed by atoms with Crippen molar-refractivity contribution in [1.82, 2.24) is 25.2 Å². The molecule has 2 heterocycles. The molecule has 0 spiro atoms. The number of hydrogen-bond acceptors (Lipinski definition) is 3. The van der Waals surface area contributed by atoms with Crippen molar-refractivity contribution in [3.05, 3.63) is 48.3 Å². The van der Waals surface area contributed by atoms with E-state index in [4.69, 9.17) is 0 Å². The predicted molar refractivity (Wildman–Crippen MR) is 95.1 cm³/mol. The van der Waals surface area contributed by atoms with E-state index in [1.807, 2.05) is 21.8 Å². The van der Waals surface area contributed by atoms with E-state index in [-0.39, 0.29) is 6.03 Å². The monoisotopic (exact) mass is 339 g/mol. The van der Waals surface area contributed by atoms with Crippen molar-refractivity contribution >= 4 is 6.03 Å². The fraction of sp³-hybridized carbons (Fsp3) is 0.526. The molecule has 1 aromatic heterocycles. The minimum atomic E-state index is 0.0970. The van der Waals surface area contributed by atoms with E-state index in [0.717, 1.165) is 45.3 Å². The normalized spacial score (nSPS) is 26.1. The highest BCUT2D eigenvalue weighted by atomic mass is 16.2. The first-order valence-corrected chi connectivity index (χ1v) is 9.22. The van der Waals surface area contributed by atoms with Gasteiger partial charge in [-0.1, -0.05) is 35.5 Å². The van der Waals surface area contributed by atoms with Gasteiger partial charge in [-0.25, -0.2) is 4.79 Å². The van der Waals surface area contributed by atoms with Gasteiger partial charge in [-0.2, -0.15) is 0 Å². The topological polar surface area (TPSA) is 63.1 Å². The van der Waals surface area contributed by atoms with Crippen LogP contribution in [-0.2, 0) is 6.54 Å². The van der Waals surface area contributed by atoms with E-state index < -0.39 is 0 Å². The maximum atomic E-state index is 12.6. The highest BCUT2D eigenvalue weighted by molar-refractivity contribution is 5.74. The van der Waals surface area contributed by atoms with Gasteiger partial charge in [-0.15, -0.1) is 5.10 Å². The van der Waals surface area contributed by atoms with Gasteiger partial charge >= 0.3 is 6.03 Å². The average Bonchev–Trinajstić information content (AvgIpc) is 3.11. The Morgan fingerprint density at radius 2 is 2.08 bits per heavy atom. The van der Waals surface area contributed by atoms with Crippen LogP contribution in [0.3, 0.4) is 0 Å². The SMILES string of the molecule is O=C(NC1CC(c2ccccc2)C1)N1CCCC(Cn2ccnn2)C1. The molecule has 6 nitrogen and oxygen atoms in total. The Labute approximate surface area is 148 Å². The van der Waals surface area contributed by atoms with Crippen molar-refractivity contribution in [3.63, 3.8) is 0 Å². The molecule has 6 heteroatoms. The molecule has 4 rings (SSSR count). The molecule has 2 aliphatic rings. The summed E-state index contributed by atoms with van der Waals surface area (Å²) in [5.74, 6) is 1.05. The second kappa shape index (κ2) is 7.25. The van der Waals surface area contributed by atoms with E-state index >= 15 is 0 Å². The number of carbonyl (C=O) groups is 1. The van der Waals surface area contributed by atoms with Crippen LogP contribution in [0.15, 0.2) is 42.7 Å². The van der Waals surface area contributed by atoms with E-state index in [2.05, 4.69) is 39.9 Å². The molecule has 2 fully saturated rings. The number of carbonyl (C=O) groups excluding carboxylic acids is 1. The van der Waals surface area contributed by atoms with Gasteiger partial charge in [-0.3, -0.25) is 4.68 Å². The molecule has 2 aromatic rings. The Kier molecular flexibility index (Phi) is 4.68. The molecule has 0 radical (unpaired) electrons. The smallest absolute Gasteiger partial charge is 0.317 e. The number of hydrogen-bond donors (Lipinski definition) is 1. The molecule has 25 heavy (non-hydrogen) atoms. The summed E-state index contributed by atoms with van der Waals surface area (Å²) < 4.78 is 1.86. The van der Waals surface area contributed by atoms with Crippen LogP contribution in [-0.4, -0.2) is 45.1 Å². The summed E-state index contributed by atoms with van der Waals surface area (Å²) >= 11 is 0. The predicted octanol–water partition coefficient (Wildman–Crippen LogP) is 2.65. The van der Waals surface area contributed by atoms with Crippen LogP contribution in [0.25, 0.3) is 0 Å². The molecule has 2 amide bonds. The Morgan fingerprint density at radius 3 is 2.84 bits per heavy atom. The highest BCUT2D eigenvalue weighted by Crippen LogP contribution is 2.36. The molecule has 1 unspecified atom stereocenters. The number of likely N-dealkylation sites (tertiary alicyclic amines) is 1. The Balaban J connectivity index is 1.24. The zero-order valence-corrected chi connectivity index (χ0v) is 14.4. The van der Waals surface area contributed by atoms with Crippen LogP contribution in [0.1, 0.15) is 37.2 Å². The van der Waals surface area contributed by atoms with Crippen LogP contribution in [0.5, 0.6) is 0 Å². The molecule has 1 N–H and O–H groups in total. The summed E-state index contributed by atoms with van der Waals surface area (Å²) in [6.45, 7) is 2.50. The third-order valence-electron chi connectivity index (χ3n) is 5.46. The summed E-state index contributed by atoms with van der Waals surface area (Å²) in [6, 6.07) is 11.0. The summed E-state index contributed by atoms with van der Waals surface area (Å²) in [4.78, 5) is 14.5. The largest absolute Gasteiger partial charge is 0.335 e. The van der Waals surface area contributed by atoms with E-state index in [9.17, 15) is 4.79 Å². The molecular formula is C19H25N5O. The standard InChI is InChI=1S/C19H25N5O/c25-19(21-18-11-17(12-18)16-6-2-1-3-7-16)23-9-4-5-15(13-23)14-24-10-8-20-22-24/h1-3,6-8,10,15,17-18H,4-5,9,11-14H2,(H,21,25). The molecule has 132 valence electrons. The van der Waals surface area contributed by atoms with Crippen LogP contribution in [0.4, 0.5) is 4.79 Å². The second-order valence-electron chi connectivity index (χ2n) is 7.30. The van der Waals surface area contributed by atoms with Gasteiger partial charge < -0.3 is 10.2 Å². The number of piperidine rings is 1. The van der Waals surface area contributed by atoms with Crippen molar-refractivity contribution in [3.8, 4) is 0 Å². The van der Waals surface area contributed by atoms with Crippen LogP contribution in [0, 0.1) is 5.92 Å². The Bertz CT molecular complexity index is 681. The molecule has 0 bridgehead atoms. The molecule has 1 aliphatic heterocycles. The van der Waals surface area contributed by atoms with Crippen molar-refractivity contribution in [2.75, 3.05) is 13.1 Å². The summed E-state index contributed by atoms with van der Waals surface area (Å²) in [5.41, 5.74) is 1.39. The molecule has 1 aliphatic carbocycles. The van der Waals surface area contributed by atoms with E-state index in [0.29, 0.717) is 17.9 Å². The first kappa shape index (κ1) is 16.1. The average molecular weight is 339 g/mol. The lowest BCUT2D eigenvalue weighted by atomic mass is 9.76. The number of amides is 2. The third kappa shape index (κ3) is 3.83. The van der Waals surface area contributed by atoms with Crippen molar-refractivity contribution < 1.29 is 4.79 Å². The van der Waals surface area contributed by atoms with Gasteiger partial charge in [-0.05, 0) is 43.1 Å². The zero-order chi connectivity index (χ0) is 17.1. The molecule has 1 saturated carbocycles. The van der Waals surface area contributed by atoms with Gasteiger partial charge in [0.15, 0.2) is 0 Å². The van der Waals surface area contributed by atoms with Crippen molar-refractivity contribution in [2.24, 2.45) is 5.92 Å². The lowest BCUT2D eigenvalue weighted by molar-refractivity contribution is 0.147. The van der Waals surface area contributed by atoms with Gasteiger partial charge in [0.05, 0.1) is 6.20 Å². The number of urea groups is 1. The number of aromatic nitrogens is 3. The molecule has 1 saturated heterocycles. The molecular weight excluding hydrogens is 314 g/mol. The number of nitrogens with zero attached hydrogens (tertiary/aromatic N) is 4. The number of rotatable bonds is 4. The maximum Gasteiger partial charge on any atom is 0.317 e. The van der Waals surface area contributed by atoms with Crippen LogP contribution < -0.4 is 5.32 Å². The number of benzene rings is 1. The highest BCUT2D eigenvalue weighted by Gasteiger charge is 2.33. The van der Waals surface area contributed by atoms with Gasteiger partial charge in [0.2, 0.25) is 0 Å². The zero-order valence-electron chi connectivity index (χ0n) is 14.4. The van der Waals surface area contributed by atoms with Crippen molar-refractivity contribution in [1.29, 1.82) is 0 Å². The lowest BCUT2D eigenvalue weighted by Gasteiger charge is -2.39. The van der Waals surface area contributed by atoms with E-state index in [1.165, 1.54) is 5.56 Å². The fourth-order valence-electron chi connectivity index (χ4n) is 3.99. The van der Waals surface area contributed by atoms with Gasteiger partial charge in [0.25, 0.3) is 0 Å². The molecule has 1 atom stereocenters. The van der Waals surface area contributed by atoms with E-state index in [1.54, 1.807) is 6.20 Å². The summed E-state index contributed by atoms with van der Waals surface area (Å²) in [6.07, 6.45) is 7.88.